The monoisotopic (exact) mass is 256 g/mol. The Hall–Kier alpha value is 0.220. The lowest BCUT2D eigenvalue weighted by atomic mass is 9.48. The molecule has 2 bridgehead atoms. The van der Waals surface area contributed by atoms with Crippen LogP contribution < -0.4 is 0 Å². The van der Waals surface area contributed by atoms with Crippen LogP contribution in [-0.2, 0) is 0 Å². The van der Waals surface area contributed by atoms with E-state index < -0.39 is 0 Å². The highest BCUT2D eigenvalue weighted by atomic mass is 79.9. The molecule has 0 aromatic heterocycles. The van der Waals surface area contributed by atoms with E-state index >= 15 is 0 Å². The largest absolute Gasteiger partial charge is 0.0928 e. The lowest BCUT2D eigenvalue weighted by molar-refractivity contribution is -0.00835. The normalized spacial score (nSPS) is 33.5. The van der Waals surface area contributed by atoms with Crippen LogP contribution >= 0.6 is 15.9 Å². The smallest absolute Gasteiger partial charge is 0.00314 e. The van der Waals surface area contributed by atoms with Crippen LogP contribution in [0.1, 0.15) is 46.0 Å². The number of halogens is 1. The van der Waals surface area contributed by atoms with Gasteiger partial charge in [0.25, 0.3) is 0 Å². The summed E-state index contributed by atoms with van der Waals surface area (Å²) in [7, 11) is 0. The SMILES string of the molecule is CC1(C)[C@H]2CC=C(CCCCBr)[C@@H]1C2. The van der Waals surface area contributed by atoms with E-state index in [2.05, 4.69) is 35.9 Å². The maximum atomic E-state index is 3.50. The lowest BCUT2D eigenvalue weighted by Crippen LogP contribution is -2.47. The average Bonchev–Trinajstić information content (AvgIpc) is 2.18. The molecule has 0 aromatic carbocycles. The molecule has 3 aliphatic rings. The van der Waals surface area contributed by atoms with Crippen molar-refractivity contribution >= 4 is 15.9 Å². The van der Waals surface area contributed by atoms with Crippen LogP contribution in [0.25, 0.3) is 0 Å². The molecule has 0 aliphatic heterocycles. The molecular formula is C13H21Br. The van der Waals surface area contributed by atoms with Crippen molar-refractivity contribution in [3.05, 3.63) is 11.6 Å². The third-order valence-corrected chi connectivity index (χ3v) is 4.99. The summed E-state index contributed by atoms with van der Waals surface area (Å²) in [5.41, 5.74) is 2.40. The van der Waals surface area contributed by atoms with Crippen LogP contribution in [-0.4, -0.2) is 5.33 Å². The molecule has 0 nitrogen and oxygen atoms in total. The molecule has 0 N–H and O–H groups in total. The molecule has 80 valence electrons. The van der Waals surface area contributed by atoms with Crippen molar-refractivity contribution in [2.75, 3.05) is 5.33 Å². The summed E-state index contributed by atoms with van der Waals surface area (Å²) in [6, 6.07) is 0. The van der Waals surface area contributed by atoms with E-state index in [1.165, 1.54) is 32.1 Å². The molecule has 3 rings (SSSR count). The van der Waals surface area contributed by atoms with Crippen molar-refractivity contribution in [1.82, 2.24) is 0 Å². The van der Waals surface area contributed by atoms with Crippen LogP contribution in [0.5, 0.6) is 0 Å². The van der Waals surface area contributed by atoms with Gasteiger partial charge in [-0.3, -0.25) is 0 Å². The first-order valence-electron chi connectivity index (χ1n) is 5.91. The van der Waals surface area contributed by atoms with Gasteiger partial charge in [-0.05, 0) is 49.4 Å². The van der Waals surface area contributed by atoms with Crippen LogP contribution in [0.4, 0.5) is 0 Å². The van der Waals surface area contributed by atoms with Gasteiger partial charge in [0.15, 0.2) is 0 Å². The molecule has 0 radical (unpaired) electrons. The summed E-state index contributed by atoms with van der Waals surface area (Å²) in [5.74, 6) is 1.92. The van der Waals surface area contributed by atoms with Crippen LogP contribution in [0, 0.1) is 17.3 Å². The molecule has 3 aliphatic carbocycles. The average molecular weight is 257 g/mol. The van der Waals surface area contributed by atoms with E-state index in [0.717, 1.165) is 17.2 Å². The molecular weight excluding hydrogens is 236 g/mol. The van der Waals surface area contributed by atoms with Crippen LogP contribution in [0.15, 0.2) is 11.6 Å². The second kappa shape index (κ2) is 4.00. The summed E-state index contributed by atoms with van der Waals surface area (Å²) in [6.07, 6.45) is 9.42. The predicted octanol–water partition coefficient (Wildman–Crippen LogP) is 4.54. The number of alkyl halides is 1. The summed E-state index contributed by atoms with van der Waals surface area (Å²) in [5, 5.41) is 1.16. The number of fused-ring (bicyclic) bond motifs is 1. The Morgan fingerprint density at radius 2 is 2.21 bits per heavy atom. The summed E-state index contributed by atoms with van der Waals surface area (Å²) >= 11 is 3.50. The number of unbranched alkanes of at least 4 members (excludes halogenated alkanes) is 1. The van der Waals surface area contributed by atoms with E-state index in [-0.39, 0.29) is 0 Å². The second-order valence-electron chi connectivity index (χ2n) is 5.47. The van der Waals surface area contributed by atoms with E-state index in [9.17, 15) is 0 Å². The van der Waals surface area contributed by atoms with Crippen molar-refractivity contribution in [3.8, 4) is 0 Å². The first-order chi connectivity index (χ1) is 6.66. The highest BCUT2D eigenvalue weighted by Crippen LogP contribution is 2.59. The van der Waals surface area contributed by atoms with Crippen LogP contribution in [0.3, 0.4) is 0 Å². The zero-order valence-electron chi connectivity index (χ0n) is 9.35. The van der Waals surface area contributed by atoms with Crippen molar-refractivity contribution in [2.45, 2.75) is 46.0 Å². The number of hydrogen-bond acceptors (Lipinski definition) is 0. The third-order valence-electron chi connectivity index (χ3n) is 4.43. The van der Waals surface area contributed by atoms with Gasteiger partial charge in [0, 0.05) is 5.33 Å². The Morgan fingerprint density at radius 3 is 2.79 bits per heavy atom. The fourth-order valence-corrected chi connectivity index (χ4v) is 3.58. The highest BCUT2D eigenvalue weighted by molar-refractivity contribution is 9.09. The lowest BCUT2D eigenvalue weighted by Gasteiger charge is -2.56. The predicted molar refractivity (Wildman–Crippen MR) is 65.7 cm³/mol. The first kappa shape index (κ1) is 10.7. The fourth-order valence-electron chi connectivity index (χ4n) is 3.18. The summed E-state index contributed by atoms with van der Waals surface area (Å²) in [4.78, 5) is 0. The third kappa shape index (κ3) is 1.68. The molecule has 0 spiro atoms. The van der Waals surface area contributed by atoms with Crippen molar-refractivity contribution < 1.29 is 0 Å². The zero-order valence-corrected chi connectivity index (χ0v) is 10.9. The van der Waals surface area contributed by atoms with Gasteiger partial charge in [-0.15, -0.1) is 0 Å². The zero-order chi connectivity index (χ0) is 10.2. The van der Waals surface area contributed by atoms with Gasteiger partial charge in [0.1, 0.15) is 0 Å². The minimum Gasteiger partial charge on any atom is -0.0928 e. The van der Waals surface area contributed by atoms with E-state index in [0.29, 0.717) is 5.41 Å². The second-order valence-corrected chi connectivity index (χ2v) is 6.26. The topological polar surface area (TPSA) is 0 Å². The maximum Gasteiger partial charge on any atom is 0.00314 e. The molecule has 14 heavy (non-hydrogen) atoms. The molecule has 0 amide bonds. The minimum absolute atomic E-state index is 0.623. The van der Waals surface area contributed by atoms with Gasteiger partial charge in [-0.2, -0.15) is 0 Å². The Labute approximate surface area is 96.3 Å². The number of rotatable bonds is 4. The minimum atomic E-state index is 0.623. The first-order valence-corrected chi connectivity index (χ1v) is 7.03. The van der Waals surface area contributed by atoms with Gasteiger partial charge in [-0.1, -0.05) is 41.4 Å². The Kier molecular flexibility index (Phi) is 3.06. The molecule has 0 aromatic rings. The molecule has 1 heteroatoms. The van der Waals surface area contributed by atoms with Gasteiger partial charge >= 0.3 is 0 Å². The number of allylic oxidation sites excluding steroid dienone is 2. The fraction of sp³-hybridized carbons (Fsp3) is 0.846. The van der Waals surface area contributed by atoms with E-state index in [4.69, 9.17) is 0 Å². The summed E-state index contributed by atoms with van der Waals surface area (Å²) < 4.78 is 0. The Balaban J connectivity index is 1.91. The van der Waals surface area contributed by atoms with Gasteiger partial charge < -0.3 is 0 Å². The quantitative estimate of drug-likeness (QED) is 0.394. The maximum absolute atomic E-state index is 3.50. The van der Waals surface area contributed by atoms with Gasteiger partial charge in [0.2, 0.25) is 0 Å². The Morgan fingerprint density at radius 1 is 1.43 bits per heavy atom. The molecule has 1 fully saturated rings. The van der Waals surface area contributed by atoms with E-state index in [1.54, 1.807) is 5.57 Å². The Bertz CT molecular complexity index is 240. The van der Waals surface area contributed by atoms with Crippen molar-refractivity contribution in [3.63, 3.8) is 0 Å². The van der Waals surface area contributed by atoms with E-state index in [1.807, 2.05) is 0 Å². The summed E-state index contributed by atoms with van der Waals surface area (Å²) in [6.45, 7) is 4.92. The molecule has 0 heterocycles. The van der Waals surface area contributed by atoms with Gasteiger partial charge in [0.05, 0.1) is 0 Å². The van der Waals surface area contributed by atoms with Crippen molar-refractivity contribution in [1.29, 1.82) is 0 Å². The molecule has 0 unspecified atom stereocenters. The molecule has 1 saturated carbocycles. The van der Waals surface area contributed by atoms with Crippen LogP contribution in [0.2, 0.25) is 0 Å². The number of hydrogen-bond donors (Lipinski definition) is 0. The molecule has 0 saturated heterocycles. The van der Waals surface area contributed by atoms with Crippen molar-refractivity contribution in [2.24, 2.45) is 17.3 Å². The van der Waals surface area contributed by atoms with Gasteiger partial charge in [-0.25, -0.2) is 0 Å². The molecule has 2 atom stereocenters. The standard InChI is InChI=1S/C13H21Br/c1-13(2)11-7-6-10(12(13)9-11)5-3-4-8-14/h6,11-12H,3-5,7-9H2,1-2H3/t11-,12-/m0/s1. The highest BCUT2D eigenvalue weighted by Gasteiger charge is 2.50.